The number of halogens is 2. The van der Waals surface area contributed by atoms with Crippen LogP contribution in [0.2, 0.25) is 5.02 Å². The van der Waals surface area contributed by atoms with Crippen LogP contribution in [-0.4, -0.2) is 38.9 Å². The van der Waals surface area contributed by atoms with Gasteiger partial charge in [0.15, 0.2) is 0 Å². The molecule has 1 aliphatic rings. The molecule has 0 bridgehead atoms. The summed E-state index contributed by atoms with van der Waals surface area (Å²) in [5.41, 5.74) is 4.20. The summed E-state index contributed by atoms with van der Waals surface area (Å²) in [5.74, 6) is -0.507. The number of carbonyl (C=O) groups excluding carboxylic acids is 2. The molecular weight excluding hydrogens is 573 g/mol. The maximum atomic E-state index is 14.5. The molecule has 3 heterocycles. The van der Waals surface area contributed by atoms with Crippen molar-refractivity contribution in [2.24, 2.45) is 0 Å². The molecule has 0 aliphatic carbocycles. The van der Waals surface area contributed by atoms with E-state index in [1.54, 1.807) is 35.3 Å². The van der Waals surface area contributed by atoms with Crippen LogP contribution in [0.5, 0.6) is 0 Å². The molecule has 42 heavy (non-hydrogen) atoms. The number of pyridine rings is 1. The van der Waals surface area contributed by atoms with E-state index in [1.807, 2.05) is 60.7 Å². The van der Waals surface area contributed by atoms with Crippen molar-refractivity contribution in [3.8, 4) is 16.9 Å². The first-order chi connectivity index (χ1) is 20.5. The van der Waals surface area contributed by atoms with Gasteiger partial charge in [-0.1, -0.05) is 72.3 Å². The van der Waals surface area contributed by atoms with Crippen LogP contribution in [-0.2, 0) is 16.1 Å². The zero-order chi connectivity index (χ0) is 29.1. The summed E-state index contributed by atoms with van der Waals surface area (Å²) in [6.07, 6.45) is 3.34. The zero-order valence-electron chi connectivity index (χ0n) is 22.3. The molecule has 0 saturated carbocycles. The molecule has 0 unspecified atom stereocenters. The van der Waals surface area contributed by atoms with Gasteiger partial charge in [-0.15, -0.1) is 11.8 Å². The molecule has 2 amide bonds. The predicted octanol–water partition coefficient (Wildman–Crippen LogP) is 6.21. The standard InChI is InChI=1S/C32H25ClFN5O2S/c33-25-13-4-5-14-26(25)39-32-29(30(37-39)22-9-2-1-3-10-22)31(23-11-6-12-24(34)16-23)42-20-28(41)38(32)19-27(40)36-18-21-8-7-15-35-17-21/h1-17,31H,18-20H2,(H,36,40)/t31-/m1/s1. The second-order valence-electron chi connectivity index (χ2n) is 9.68. The van der Waals surface area contributed by atoms with E-state index in [1.165, 1.54) is 28.8 Å². The van der Waals surface area contributed by atoms with Crippen LogP contribution in [0.15, 0.2) is 103 Å². The van der Waals surface area contributed by atoms with Gasteiger partial charge in [-0.2, -0.15) is 5.10 Å². The SMILES string of the molecule is O=C(CN1C(=O)CS[C@H](c2cccc(F)c2)c2c(-c3ccccc3)nn(-c3ccccc3Cl)c21)NCc1cccnc1. The smallest absolute Gasteiger partial charge is 0.240 e. The molecule has 0 spiro atoms. The Hall–Kier alpha value is -4.47. The number of thioether (sulfide) groups is 1. The Morgan fingerprint density at radius 1 is 1.02 bits per heavy atom. The third-order valence-corrected chi connectivity index (χ3v) is 8.46. The molecule has 5 aromatic rings. The lowest BCUT2D eigenvalue weighted by Gasteiger charge is -2.23. The fourth-order valence-electron chi connectivity index (χ4n) is 4.96. The number of fused-ring (bicyclic) bond motifs is 1. The van der Waals surface area contributed by atoms with E-state index in [0.717, 1.165) is 11.1 Å². The second-order valence-corrected chi connectivity index (χ2v) is 11.2. The summed E-state index contributed by atoms with van der Waals surface area (Å²) in [6.45, 7) is 0.0220. The first kappa shape index (κ1) is 27.7. The summed E-state index contributed by atoms with van der Waals surface area (Å²) in [5, 5.41) is 7.88. The van der Waals surface area contributed by atoms with E-state index in [4.69, 9.17) is 16.7 Å². The van der Waals surface area contributed by atoms with Gasteiger partial charge < -0.3 is 5.32 Å². The lowest BCUT2D eigenvalue weighted by atomic mass is 9.99. The van der Waals surface area contributed by atoms with Crippen LogP contribution in [0.1, 0.15) is 21.9 Å². The zero-order valence-corrected chi connectivity index (χ0v) is 23.9. The van der Waals surface area contributed by atoms with Gasteiger partial charge >= 0.3 is 0 Å². The number of carbonyl (C=O) groups is 2. The first-order valence-corrected chi connectivity index (χ1v) is 14.7. The highest BCUT2D eigenvalue weighted by atomic mass is 35.5. The number of hydrogen-bond donors (Lipinski definition) is 1. The predicted molar refractivity (Wildman–Crippen MR) is 163 cm³/mol. The average Bonchev–Trinajstić information content (AvgIpc) is 3.33. The van der Waals surface area contributed by atoms with Crippen LogP contribution in [0.3, 0.4) is 0 Å². The molecule has 3 aromatic carbocycles. The molecule has 1 aliphatic heterocycles. The van der Waals surface area contributed by atoms with E-state index in [9.17, 15) is 14.0 Å². The maximum Gasteiger partial charge on any atom is 0.240 e. The quantitative estimate of drug-likeness (QED) is 0.241. The van der Waals surface area contributed by atoms with E-state index in [-0.39, 0.29) is 36.5 Å². The van der Waals surface area contributed by atoms with Crippen LogP contribution in [0.4, 0.5) is 10.2 Å². The Morgan fingerprint density at radius 2 is 1.83 bits per heavy atom. The third kappa shape index (κ3) is 5.66. The molecule has 1 N–H and O–H groups in total. The van der Waals surface area contributed by atoms with Crippen LogP contribution in [0, 0.1) is 5.82 Å². The van der Waals surface area contributed by atoms with E-state index in [2.05, 4.69) is 10.3 Å². The summed E-state index contributed by atoms with van der Waals surface area (Å²) in [7, 11) is 0. The van der Waals surface area contributed by atoms with Crippen LogP contribution < -0.4 is 10.2 Å². The molecule has 0 fully saturated rings. The average molecular weight is 598 g/mol. The highest BCUT2D eigenvalue weighted by Crippen LogP contribution is 2.49. The van der Waals surface area contributed by atoms with Crippen molar-refractivity contribution in [3.63, 3.8) is 0 Å². The number of benzene rings is 3. The number of nitrogens with zero attached hydrogens (tertiary/aromatic N) is 4. The van der Waals surface area contributed by atoms with Crippen molar-refractivity contribution in [2.45, 2.75) is 11.8 Å². The largest absolute Gasteiger partial charge is 0.350 e. The van der Waals surface area contributed by atoms with E-state index < -0.39 is 5.25 Å². The number of rotatable bonds is 7. The van der Waals surface area contributed by atoms with E-state index >= 15 is 0 Å². The fourth-order valence-corrected chi connectivity index (χ4v) is 6.36. The van der Waals surface area contributed by atoms with Gasteiger partial charge in [0.1, 0.15) is 18.2 Å². The molecule has 10 heteroatoms. The Bertz CT molecular complexity index is 1750. The monoisotopic (exact) mass is 597 g/mol. The lowest BCUT2D eigenvalue weighted by molar-refractivity contribution is -0.123. The Kier molecular flexibility index (Phi) is 8.03. The lowest BCUT2D eigenvalue weighted by Crippen LogP contribution is -2.42. The van der Waals surface area contributed by atoms with Crippen molar-refractivity contribution in [3.05, 3.63) is 131 Å². The van der Waals surface area contributed by atoms with E-state index in [0.29, 0.717) is 33.3 Å². The van der Waals surface area contributed by atoms with Crippen molar-refractivity contribution in [1.82, 2.24) is 20.1 Å². The molecule has 1 atom stereocenters. The Morgan fingerprint density at radius 3 is 2.60 bits per heavy atom. The number of aromatic nitrogens is 3. The fraction of sp³-hybridized carbons (Fsp3) is 0.125. The summed E-state index contributed by atoms with van der Waals surface area (Å²) in [6, 6.07) is 26.8. The minimum absolute atomic E-state index is 0.0719. The second kappa shape index (κ2) is 12.2. The number of amides is 2. The summed E-state index contributed by atoms with van der Waals surface area (Å²) >= 11 is 8.05. The highest BCUT2D eigenvalue weighted by molar-refractivity contribution is 8.00. The summed E-state index contributed by atoms with van der Waals surface area (Å²) in [4.78, 5) is 32.7. The van der Waals surface area contributed by atoms with Crippen LogP contribution >= 0.6 is 23.4 Å². The number of nitrogens with one attached hydrogen (secondary N) is 1. The molecular formula is C32H25ClFN5O2S. The minimum Gasteiger partial charge on any atom is -0.350 e. The molecule has 0 radical (unpaired) electrons. The number of hydrogen-bond acceptors (Lipinski definition) is 5. The summed E-state index contributed by atoms with van der Waals surface area (Å²) < 4.78 is 16.1. The Labute approximate surface area is 251 Å². The number of anilines is 1. The molecule has 7 nitrogen and oxygen atoms in total. The first-order valence-electron chi connectivity index (χ1n) is 13.3. The molecule has 2 aromatic heterocycles. The maximum absolute atomic E-state index is 14.5. The van der Waals surface area contributed by atoms with Gasteiger partial charge in [-0.3, -0.25) is 19.5 Å². The van der Waals surface area contributed by atoms with Gasteiger partial charge in [0.2, 0.25) is 11.8 Å². The minimum atomic E-state index is -0.449. The van der Waals surface area contributed by atoms with Gasteiger partial charge in [0.05, 0.1) is 27.4 Å². The molecule has 0 saturated heterocycles. The van der Waals surface area contributed by atoms with Gasteiger partial charge in [-0.25, -0.2) is 9.07 Å². The molecule has 6 rings (SSSR count). The van der Waals surface area contributed by atoms with Crippen molar-refractivity contribution in [2.75, 3.05) is 17.2 Å². The number of para-hydroxylation sites is 1. The molecule has 210 valence electrons. The topological polar surface area (TPSA) is 80.1 Å². The normalized spacial score (nSPS) is 14.8. The van der Waals surface area contributed by atoms with Gasteiger partial charge in [-0.05, 0) is 41.5 Å². The van der Waals surface area contributed by atoms with Gasteiger partial charge in [0, 0.05) is 30.1 Å². The van der Waals surface area contributed by atoms with Crippen molar-refractivity contribution >= 4 is 41.0 Å². The highest BCUT2D eigenvalue weighted by Gasteiger charge is 2.38. The van der Waals surface area contributed by atoms with Crippen molar-refractivity contribution in [1.29, 1.82) is 0 Å². The van der Waals surface area contributed by atoms with Crippen LogP contribution in [0.25, 0.3) is 16.9 Å². The third-order valence-electron chi connectivity index (χ3n) is 6.88. The van der Waals surface area contributed by atoms with Gasteiger partial charge in [0.25, 0.3) is 0 Å². The van der Waals surface area contributed by atoms with Crippen molar-refractivity contribution < 1.29 is 14.0 Å². The Balaban J connectivity index is 1.53.